The van der Waals surface area contributed by atoms with Crippen LogP contribution in [0.5, 0.6) is 5.75 Å². The van der Waals surface area contributed by atoms with E-state index < -0.39 is 28.5 Å². The van der Waals surface area contributed by atoms with Crippen molar-refractivity contribution in [3.05, 3.63) is 60.2 Å². The highest BCUT2D eigenvalue weighted by Crippen LogP contribution is 2.22. The predicted octanol–water partition coefficient (Wildman–Crippen LogP) is 2.98. The van der Waals surface area contributed by atoms with Crippen molar-refractivity contribution in [1.29, 1.82) is 0 Å². The number of nitrogens with zero attached hydrogens (tertiary/aromatic N) is 2. The maximum Gasteiger partial charge on any atom is 0.244 e. The summed E-state index contributed by atoms with van der Waals surface area (Å²) in [4.78, 5) is 28.0. The molecule has 0 saturated heterocycles. The van der Waals surface area contributed by atoms with Gasteiger partial charge in [0.2, 0.25) is 21.8 Å². The van der Waals surface area contributed by atoms with Gasteiger partial charge in [0.05, 0.1) is 19.1 Å². The number of rotatable bonds is 11. The fourth-order valence-electron chi connectivity index (χ4n) is 4.32. The fraction of sp³-hybridized carbons (Fsp3) is 0.462. The summed E-state index contributed by atoms with van der Waals surface area (Å²) in [5.41, 5.74) is 1.39. The minimum Gasteiger partial charge on any atom is -0.497 e. The van der Waals surface area contributed by atoms with E-state index in [0.717, 1.165) is 41.8 Å². The summed E-state index contributed by atoms with van der Waals surface area (Å²) in [6, 6.07) is 15.6. The van der Waals surface area contributed by atoms with Gasteiger partial charge in [-0.05, 0) is 56.0 Å². The smallest absolute Gasteiger partial charge is 0.244 e. The van der Waals surface area contributed by atoms with Gasteiger partial charge in [0.25, 0.3) is 0 Å². The Morgan fingerprint density at radius 1 is 1.06 bits per heavy atom. The molecule has 2 aromatic rings. The van der Waals surface area contributed by atoms with Crippen molar-refractivity contribution >= 4 is 27.5 Å². The van der Waals surface area contributed by atoms with E-state index in [9.17, 15) is 18.0 Å². The Morgan fingerprint density at radius 2 is 1.69 bits per heavy atom. The van der Waals surface area contributed by atoms with Gasteiger partial charge < -0.3 is 15.0 Å². The maximum atomic E-state index is 13.5. The molecule has 1 saturated carbocycles. The monoisotopic (exact) mass is 501 g/mol. The Morgan fingerprint density at radius 3 is 2.26 bits per heavy atom. The standard InChI is InChI=1S/C26H35N3O5S/c1-20(26(31)27-22-11-7-8-12-22)28(18-17-21-9-5-4-6-10-21)25(30)19-29(35(3,32)33)23-13-15-24(34-2)16-14-23/h4-6,9-10,13-16,20,22H,7-8,11-12,17-19H2,1-3H3,(H,27,31). The lowest BCUT2D eigenvalue weighted by Crippen LogP contribution is -2.53. The van der Waals surface area contributed by atoms with E-state index >= 15 is 0 Å². The van der Waals surface area contributed by atoms with Crippen LogP contribution in [0.1, 0.15) is 38.2 Å². The average Bonchev–Trinajstić information content (AvgIpc) is 3.35. The molecular weight excluding hydrogens is 466 g/mol. The Bertz CT molecular complexity index is 1080. The molecule has 0 aliphatic heterocycles. The van der Waals surface area contributed by atoms with Gasteiger partial charge in [-0.3, -0.25) is 13.9 Å². The average molecular weight is 502 g/mol. The Labute approximate surface area is 208 Å². The second-order valence-corrected chi connectivity index (χ2v) is 10.9. The summed E-state index contributed by atoms with van der Waals surface area (Å²) >= 11 is 0. The third-order valence-electron chi connectivity index (χ3n) is 6.39. The summed E-state index contributed by atoms with van der Waals surface area (Å²) in [5, 5.41) is 3.06. The molecule has 2 aromatic carbocycles. The first-order valence-electron chi connectivity index (χ1n) is 11.9. The molecule has 1 aliphatic carbocycles. The SMILES string of the molecule is COc1ccc(N(CC(=O)N(CCc2ccccc2)C(C)C(=O)NC2CCCC2)S(C)(=O)=O)cc1. The maximum absolute atomic E-state index is 13.5. The topological polar surface area (TPSA) is 96.0 Å². The summed E-state index contributed by atoms with van der Waals surface area (Å²) in [5.74, 6) is -0.0693. The van der Waals surface area contributed by atoms with Crippen LogP contribution in [0.4, 0.5) is 5.69 Å². The van der Waals surface area contributed by atoms with E-state index in [1.807, 2.05) is 30.3 Å². The first kappa shape index (κ1) is 26.5. The van der Waals surface area contributed by atoms with E-state index in [-0.39, 0.29) is 11.9 Å². The second kappa shape index (κ2) is 12.1. The third kappa shape index (κ3) is 7.45. The van der Waals surface area contributed by atoms with Crippen LogP contribution in [-0.2, 0) is 26.0 Å². The molecule has 35 heavy (non-hydrogen) atoms. The van der Waals surface area contributed by atoms with Gasteiger partial charge >= 0.3 is 0 Å². The fourth-order valence-corrected chi connectivity index (χ4v) is 5.17. The first-order chi connectivity index (χ1) is 16.7. The van der Waals surface area contributed by atoms with Gasteiger partial charge in [-0.15, -0.1) is 0 Å². The number of hydrogen-bond donors (Lipinski definition) is 1. The van der Waals surface area contributed by atoms with Gasteiger partial charge in [0.15, 0.2) is 0 Å². The molecule has 0 radical (unpaired) electrons. The third-order valence-corrected chi connectivity index (χ3v) is 7.53. The molecule has 0 heterocycles. The van der Waals surface area contributed by atoms with Crippen molar-refractivity contribution in [2.75, 3.05) is 30.8 Å². The lowest BCUT2D eigenvalue weighted by Gasteiger charge is -2.32. The van der Waals surface area contributed by atoms with Gasteiger partial charge in [0, 0.05) is 12.6 Å². The molecule has 1 fully saturated rings. The summed E-state index contributed by atoms with van der Waals surface area (Å²) in [6.07, 6.45) is 5.66. The van der Waals surface area contributed by atoms with Crippen molar-refractivity contribution in [2.24, 2.45) is 0 Å². The van der Waals surface area contributed by atoms with Crippen molar-refractivity contribution in [2.45, 2.75) is 51.1 Å². The van der Waals surface area contributed by atoms with Crippen LogP contribution in [0, 0.1) is 0 Å². The first-order valence-corrected chi connectivity index (χ1v) is 13.8. The van der Waals surface area contributed by atoms with Crippen LogP contribution in [0.15, 0.2) is 54.6 Å². The van der Waals surface area contributed by atoms with Crippen LogP contribution in [0.3, 0.4) is 0 Å². The molecule has 9 heteroatoms. The lowest BCUT2D eigenvalue weighted by atomic mass is 10.1. The summed E-state index contributed by atoms with van der Waals surface area (Å²) in [7, 11) is -2.23. The van der Waals surface area contributed by atoms with Gasteiger partial charge in [0.1, 0.15) is 18.3 Å². The van der Waals surface area contributed by atoms with Crippen molar-refractivity contribution in [3.8, 4) is 5.75 Å². The molecule has 1 atom stereocenters. The van der Waals surface area contributed by atoms with Crippen molar-refractivity contribution in [1.82, 2.24) is 10.2 Å². The molecule has 1 unspecified atom stereocenters. The number of sulfonamides is 1. The molecule has 1 N–H and O–H groups in total. The van der Waals surface area contributed by atoms with E-state index in [1.165, 1.54) is 12.0 Å². The predicted molar refractivity (Wildman–Crippen MR) is 137 cm³/mol. The molecule has 8 nitrogen and oxygen atoms in total. The zero-order valence-corrected chi connectivity index (χ0v) is 21.5. The molecule has 0 aromatic heterocycles. The summed E-state index contributed by atoms with van der Waals surface area (Å²) in [6.45, 7) is 1.59. The lowest BCUT2D eigenvalue weighted by molar-refractivity contribution is -0.139. The molecule has 3 rings (SSSR count). The van der Waals surface area contributed by atoms with Crippen LogP contribution in [0.2, 0.25) is 0 Å². The molecule has 0 spiro atoms. The number of carbonyl (C=O) groups excluding carboxylic acids is 2. The van der Waals surface area contributed by atoms with Crippen LogP contribution in [-0.4, -0.2) is 63.7 Å². The molecule has 190 valence electrons. The van der Waals surface area contributed by atoms with Crippen molar-refractivity contribution in [3.63, 3.8) is 0 Å². The highest BCUT2D eigenvalue weighted by molar-refractivity contribution is 7.92. The minimum absolute atomic E-state index is 0.128. The number of nitrogens with one attached hydrogen (secondary N) is 1. The number of amides is 2. The van der Waals surface area contributed by atoms with E-state index in [2.05, 4.69) is 5.32 Å². The normalized spacial score (nSPS) is 14.8. The van der Waals surface area contributed by atoms with E-state index in [1.54, 1.807) is 31.2 Å². The Kier molecular flexibility index (Phi) is 9.14. The van der Waals surface area contributed by atoms with E-state index in [0.29, 0.717) is 24.4 Å². The Balaban J connectivity index is 1.81. The largest absolute Gasteiger partial charge is 0.497 e. The highest BCUT2D eigenvalue weighted by Gasteiger charge is 2.31. The van der Waals surface area contributed by atoms with Crippen LogP contribution >= 0.6 is 0 Å². The summed E-state index contributed by atoms with van der Waals surface area (Å²) < 4.78 is 31.4. The number of hydrogen-bond acceptors (Lipinski definition) is 5. The van der Waals surface area contributed by atoms with Crippen LogP contribution in [0.25, 0.3) is 0 Å². The number of anilines is 1. The molecular formula is C26H35N3O5S. The van der Waals surface area contributed by atoms with Gasteiger partial charge in [-0.25, -0.2) is 8.42 Å². The Hall–Kier alpha value is -3.07. The quantitative estimate of drug-likeness (QED) is 0.511. The van der Waals surface area contributed by atoms with Gasteiger partial charge in [-0.2, -0.15) is 0 Å². The van der Waals surface area contributed by atoms with Gasteiger partial charge in [-0.1, -0.05) is 43.2 Å². The highest BCUT2D eigenvalue weighted by atomic mass is 32.2. The number of carbonyl (C=O) groups is 2. The van der Waals surface area contributed by atoms with E-state index in [4.69, 9.17) is 4.74 Å². The zero-order valence-electron chi connectivity index (χ0n) is 20.6. The second-order valence-electron chi connectivity index (χ2n) is 8.96. The number of benzene rings is 2. The minimum atomic E-state index is -3.75. The molecule has 1 aliphatic rings. The molecule has 0 bridgehead atoms. The number of methoxy groups -OCH3 is 1. The van der Waals surface area contributed by atoms with Crippen molar-refractivity contribution < 1.29 is 22.7 Å². The van der Waals surface area contributed by atoms with Crippen LogP contribution < -0.4 is 14.4 Å². The molecule has 2 amide bonds. The zero-order chi connectivity index (χ0) is 25.4. The number of ether oxygens (including phenoxy) is 1.